The first-order chi connectivity index (χ1) is 9.99. The van der Waals surface area contributed by atoms with Crippen LogP contribution in [0, 0.1) is 10.1 Å². The lowest BCUT2D eigenvalue weighted by atomic mass is 10.1. The third kappa shape index (κ3) is 3.61. The van der Waals surface area contributed by atoms with E-state index < -0.39 is 10.8 Å². The average Bonchev–Trinajstić information content (AvgIpc) is 2.87. The first-order valence-corrected chi connectivity index (χ1v) is 6.70. The normalized spacial score (nSPS) is 11.9. The number of aryl methyl sites for hydroxylation is 1. The Bertz CT molecular complexity index is 655. The van der Waals surface area contributed by atoms with Gasteiger partial charge in [0, 0.05) is 19.7 Å². The molecule has 1 unspecified atom stereocenters. The van der Waals surface area contributed by atoms with Gasteiger partial charge in [-0.25, -0.2) is 0 Å². The zero-order valence-electron chi connectivity index (χ0n) is 11.3. The van der Waals surface area contributed by atoms with E-state index in [1.165, 1.54) is 16.8 Å². The van der Waals surface area contributed by atoms with Crippen molar-refractivity contribution in [3.63, 3.8) is 0 Å². The summed E-state index contributed by atoms with van der Waals surface area (Å²) in [5.41, 5.74) is 1.00. The number of nitrogens with zero attached hydrogens (tertiary/aromatic N) is 2. The van der Waals surface area contributed by atoms with Crippen molar-refractivity contribution < 1.29 is 9.72 Å². The molecule has 0 saturated heterocycles. The Kier molecular flexibility index (Phi) is 4.59. The van der Waals surface area contributed by atoms with Crippen molar-refractivity contribution in [1.29, 1.82) is 0 Å². The molecule has 0 fully saturated rings. The molecule has 1 amide bonds. The zero-order chi connectivity index (χ0) is 15.4. The Balaban J connectivity index is 2.00. The van der Waals surface area contributed by atoms with Crippen LogP contribution >= 0.6 is 11.6 Å². The molecule has 1 atom stereocenters. The highest BCUT2D eigenvalue weighted by atomic mass is 35.5. The van der Waals surface area contributed by atoms with E-state index in [0.717, 1.165) is 5.56 Å². The zero-order valence-corrected chi connectivity index (χ0v) is 12.1. The van der Waals surface area contributed by atoms with E-state index in [0.29, 0.717) is 0 Å². The Morgan fingerprint density at radius 3 is 2.67 bits per heavy atom. The van der Waals surface area contributed by atoms with Crippen molar-refractivity contribution in [3.05, 3.63) is 64.0 Å². The van der Waals surface area contributed by atoms with Crippen LogP contribution < -0.4 is 5.32 Å². The van der Waals surface area contributed by atoms with Gasteiger partial charge in [-0.15, -0.1) is 11.6 Å². The number of carbonyl (C=O) groups is 1. The van der Waals surface area contributed by atoms with E-state index in [1.54, 1.807) is 7.05 Å². The minimum absolute atomic E-state index is 0.117. The second-order valence-electron chi connectivity index (χ2n) is 4.54. The van der Waals surface area contributed by atoms with E-state index >= 15 is 0 Å². The fourth-order valence-corrected chi connectivity index (χ4v) is 2.15. The minimum Gasteiger partial charge on any atom is -0.349 e. The summed E-state index contributed by atoms with van der Waals surface area (Å²) in [5.74, 6) is -0.396. The molecular formula is C14H14ClN3O3. The number of hydrogen-bond acceptors (Lipinski definition) is 3. The van der Waals surface area contributed by atoms with Crippen LogP contribution in [0.1, 0.15) is 21.4 Å². The molecule has 1 N–H and O–H groups in total. The lowest BCUT2D eigenvalue weighted by Gasteiger charge is -2.11. The van der Waals surface area contributed by atoms with Crippen molar-refractivity contribution in [2.75, 3.05) is 6.54 Å². The van der Waals surface area contributed by atoms with Crippen molar-refractivity contribution in [2.45, 2.75) is 5.38 Å². The molecule has 0 aliphatic carbocycles. The smallest absolute Gasteiger partial charge is 0.287 e. The van der Waals surface area contributed by atoms with E-state index in [2.05, 4.69) is 5.32 Å². The molecule has 1 aromatic carbocycles. The molecule has 1 heterocycles. The summed E-state index contributed by atoms with van der Waals surface area (Å²) in [5, 5.41) is 13.0. The highest BCUT2D eigenvalue weighted by Gasteiger charge is 2.18. The van der Waals surface area contributed by atoms with Crippen LogP contribution in [0.3, 0.4) is 0 Å². The Hall–Kier alpha value is -2.34. The number of benzene rings is 1. The van der Waals surface area contributed by atoms with Crippen LogP contribution in [0.25, 0.3) is 0 Å². The fourth-order valence-electron chi connectivity index (χ4n) is 1.93. The summed E-state index contributed by atoms with van der Waals surface area (Å²) < 4.78 is 1.42. The third-order valence-corrected chi connectivity index (χ3v) is 3.44. The molecule has 0 spiro atoms. The maximum atomic E-state index is 12.0. The molecule has 0 saturated carbocycles. The Morgan fingerprint density at radius 2 is 2.10 bits per heavy atom. The number of nitro groups is 1. The van der Waals surface area contributed by atoms with Gasteiger partial charge in [0.1, 0.15) is 5.69 Å². The summed E-state index contributed by atoms with van der Waals surface area (Å²) >= 11 is 6.20. The van der Waals surface area contributed by atoms with Gasteiger partial charge in [-0.2, -0.15) is 0 Å². The molecule has 1 aromatic heterocycles. The second-order valence-corrected chi connectivity index (χ2v) is 5.07. The highest BCUT2D eigenvalue weighted by molar-refractivity contribution is 6.21. The van der Waals surface area contributed by atoms with Crippen LogP contribution in [0.4, 0.5) is 5.69 Å². The predicted octanol–water partition coefficient (Wildman–Crippen LogP) is 2.64. The third-order valence-electron chi connectivity index (χ3n) is 3.04. The number of halogens is 1. The lowest BCUT2D eigenvalue weighted by Crippen LogP contribution is -2.28. The van der Waals surface area contributed by atoms with Crippen LogP contribution in [0.15, 0.2) is 42.6 Å². The highest BCUT2D eigenvalue weighted by Crippen LogP contribution is 2.19. The first kappa shape index (κ1) is 15.1. The van der Waals surface area contributed by atoms with Gasteiger partial charge >= 0.3 is 0 Å². The number of amides is 1. The van der Waals surface area contributed by atoms with Crippen molar-refractivity contribution in [1.82, 2.24) is 9.88 Å². The van der Waals surface area contributed by atoms with Crippen molar-refractivity contribution in [3.8, 4) is 0 Å². The maximum absolute atomic E-state index is 12.0. The fraction of sp³-hybridized carbons (Fsp3) is 0.214. The predicted molar refractivity (Wildman–Crippen MR) is 79.4 cm³/mol. The van der Waals surface area contributed by atoms with Crippen LogP contribution in [0.5, 0.6) is 0 Å². The van der Waals surface area contributed by atoms with Gasteiger partial charge in [0.2, 0.25) is 0 Å². The maximum Gasteiger partial charge on any atom is 0.287 e. The molecule has 0 radical (unpaired) electrons. The number of aromatic nitrogens is 1. The van der Waals surface area contributed by atoms with Gasteiger partial charge in [-0.3, -0.25) is 14.9 Å². The quantitative estimate of drug-likeness (QED) is 0.524. The Labute approximate surface area is 126 Å². The topological polar surface area (TPSA) is 77.2 Å². The first-order valence-electron chi connectivity index (χ1n) is 6.27. The minimum atomic E-state index is -0.537. The van der Waals surface area contributed by atoms with Gasteiger partial charge in [-0.05, 0) is 5.56 Å². The van der Waals surface area contributed by atoms with Gasteiger partial charge in [-0.1, -0.05) is 30.3 Å². The van der Waals surface area contributed by atoms with E-state index in [4.69, 9.17) is 11.6 Å². The summed E-state index contributed by atoms with van der Waals surface area (Å²) in [6.07, 6.45) is 1.30. The number of carbonyl (C=O) groups excluding carboxylic acids is 1. The lowest BCUT2D eigenvalue weighted by molar-refractivity contribution is -0.384. The molecular weight excluding hydrogens is 294 g/mol. The summed E-state index contributed by atoms with van der Waals surface area (Å²) in [6.45, 7) is 0.239. The molecule has 0 aliphatic rings. The molecule has 2 rings (SSSR count). The van der Waals surface area contributed by atoms with Crippen molar-refractivity contribution >= 4 is 23.2 Å². The summed E-state index contributed by atoms with van der Waals surface area (Å²) in [6, 6.07) is 10.6. The van der Waals surface area contributed by atoms with Gasteiger partial charge < -0.3 is 9.88 Å². The van der Waals surface area contributed by atoms with Gasteiger partial charge in [0.15, 0.2) is 0 Å². The molecule has 7 heteroatoms. The largest absolute Gasteiger partial charge is 0.349 e. The average molecular weight is 308 g/mol. The molecule has 0 bridgehead atoms. The van der Waals surface area contributed by atoms with Gasteiger partial charge in [0.25, 0.3) is 11.6 Å². The molecule has 6 nitrogen and oxygen atoms in total. The standard InChI is InChI=1S/C14H14ClN3O3/c1-17-9-11(18(20)21)7-13(17)14(19)16-8-12(15)10-5-3-2-4-6-10/h2-7,9,12H,8H2,1H3,(H,16,19). The van der Waals surface area contributed by atoms with Crippen LogP contribution in [0.2, 0.25) is 0 Å². The van der Waals surface area contributed by atoms with E-state index in [9.17, 15) is 14.9 Å². The van der Waals surface area contributed by atoms with Crippen LogP contribution in [-0.2, 0) is 7.05 Å². The van der Waals surface area contributed by atoms with E-state index in [1.807, 2.05) is 30.3 Å². The molecule has 2 aromatic rings. The molecule has 110 valence electrons. The number of alkyl halides is 1. The Morgan fingerprint density at radius 1 is 1.43 bits per heavy atom. The number of nitrogens with one attached hydrogen (secondary N) is 1. The SMILES string of the molecule is Cn1cc([N+](=O)[O-])cc1C(=O)NCC(Cl)c1ccccc1. The number of hydrogen-bond donors (Lipinski definition) is 1. The second kappa shape index (κ2) is 6.41. The molecule has 0 aliphatic heterocycles. The van der Waals surface area contributed by atoms with Gasteiger partial charge in [0.05, 0.1) is 16.5 Å². The molecule has 21 heavy (non-hydrogen) atoms. The summed E-state index contributed by atoms with van der Waals surface area (Å²) in [7, 11) is 1.58. The van der Waals surface area contributed by atoms with Crippen LogP contribution in [-0.4, -0.2) is 21.9 Å². The summed E-state index contributed by atoms with van der Waals surface area (Å²) in [4.78, 5) is 22.2. The number of rotatable bonds is 5. The van der Waals surface area contributed by atoms with Crippen molar-refractivity contribution in [2.24, 2.45) is 7.05 Å². The monoisotopic (exact) mass is 307 g/mol. The van der Waals surface area contributed by atoms with E-state index in [-0.39, 0.29) is 23.3 Å².